The van der Waals surface area contributed by atoms with Crippen LogP contribution in [0.5, 0.6) is 0 Å². The predicted octanol–water partition coefficient (Wildman–Crippen LogP) is 2.73. The van der Waals surface area contributed by atoms with Gasteiger partial charge in [0.1, 0.15) is 0 Å². The van der Waals surface area contributed by atoms with E-state index in [1.807, 2.05) is 35.2 Å². The third kappa shape index (κ3) is 4.23. The van der Waals surface area contributed by atoms with Crippen LogP contribution < -0.4 is 5.56 Å². The number of H-pyrrole nitrogens is 1. The summed E-state index contributed by atoms with van der Waals surface area (Å²) in [4.78, 5) is 29.7. The van der Waals surface area contributed by atoms with Gasteiger partial charge in [-0.05, 0) is 30.4 Å². The quantitative estimate of drug-likeness (QED) is 0.809. The van der Waals surface area contributed by atoms with Gasteiger partial charge in [0.25, 0.3) is 5.56 Å². The Morgan fingerprint density at radius 1 is 1.25 bits per heavy atom. The van der Waals surface area contributed by atoms with Gasteiger partial charge in [-0.3, -0.25) is 9.59 Å². The molecule has 1 amide bonds. The standard InChI is InChI=1S/C19H26N2O3/c1-4-16(5-2)21(10-11-24-3)18(22)13-15-12-14-8-6-7-9-17(14)20-19(15)23/h6-9,12,16H,4-5,10-11,13H2,1-3H3,(H,20,23). The molecule has 1 aromatic heterocycles. The fourth-order valence-corrected chi connectivity index (χ4v) is 3.02. The van der Waals surface area contributed by atoms with Crippen LogP contribution in [0.3, 0.4) is 0 Å². The second kappa shape index (κ2) is 8.64. The molecule has 5 heteroatoms. The highest BCUT2D eigenvalue weighted by molar-refractivity contribution is 5.82. The zero-order chi connectivity index (χ0) is 17.5. The molecule has 0 bridgehead atoms. The Morgan fingerprint density at radius 2 is 1.96 bits per heavy atom. The maximum Gasteiger partial charge on any atom is 0.252 e. The molecule has 0 unspecified atom stereocenters. The van der Waals surface area contributed by atoms with Crippen LogP contribution in [0.2, 0.25) is 0 Å². The van der Waals surface area contributed by atoms with Crippen LogP contribution in [-0.2, 0) is 16.0 Å². The lowest BCUT2D eigenvalue weighted by atomic mass is 10.1. The highest BCUT2D eigenvalue weighted by Crippen LogP contribution is 2.13. The number of carbonyl (C=O) groups is 1. The third-order valence-electron chi connectivity index (χ3n) is 4.41. The molecule has 0 atom stereocenters. The number of pyridine rings is 1. The minimum atomic E-state index is -0.196. The van der Waals surface area contributed by atoms with Crippen LogP contribution >= 0.6 is 0 Å². The van der Waals surface area contributed by atoms with Crippen LogP contribution in [0.1, 0.15) is 32.3 Å². The molecule has 5 nitrogen and oxygen atoms in total. The van der Waals surface area contributed by atoms with Gasteiger partial charge in [-0.25, -0.2) is 0 Å². The first kappa shape index (κ1) is 18.2. The van der Waals surface area contributed by atoms with Crippen molar-refractivity contribution in [1.82, 2.24) is 9.88 Å². The molecule has 1 heterocycles. The first-order valence-electron chi connectivity index (χ1n) is 8.50. The van der Waals surface area contributed by atoms with Crippen LogP contribution in [0.15, 0.2) is 35.1 Å². The number of rotatable bonds is 8. The number of para-hydroxylation sites is 1. The number of fused-ring (bicyclic) bond motifs is 1. The van der Waals surface area contributed by atoms with Crippen molar-refractivity contribution in [3.63, 3.8) is 0 Å². The van der Waals surface area contributed by atoms with E-state index in [2.05, 4.69) is 18.8 Å². The number of hydrogen-bond acceptors (Lipinski definition) is 3. The van der Waals surface area contributed by atoms with Gasteiger partial charge in [-0.1, -0.05) is 32.0 Å². The molecule has 2 aromatic rings. The average molecular weight is 330 g/mol. The lowest BCUT2D eigenvalue weighted by molar-refractivity contribution is -0.133. The monoisotopic (exact) mass is 330 g/mol. The van der Waals surface area contributed by atoms with E-state index in [-0.39, 0.29) is 23.9 Å². The molecule has 1 N–H and O–H groups in total. The van der Waals surface area contributed by atoms with Crippen LogP contribution in [0.4, 0.5) is 0 Å². The van der Waals surface area contributed by atoms with Gasteiger partial charge in [-0.15, -0.1) is 0 Å². The Bertz CT molecular complexity index is 735. The Morgan fingerprint density at radius 3 is 2.62 bits per heavy atom. The first-order valence-corrected chi connectivity index (χ1v) is 8.50. The van der Waals surface area contributed by atoms with Gasteiger partial charge in [-0.2, -0.15) is 0 Å². The van der Waals surface area contributed by atoms with E-state index < -0.39 is 0 Å². The maximum atomic E-state index is 12.8. The number of carbonyl (C=O) groups excluding carboxylic acids is 1. The Kier molecular flexibility index (Phi) is 6.55. The third-order valence-corrected chi connectivity index (χ3v) is 4.41. The van der Waals surface area contributed by atoms with Crippen molar-refractivity contribution in [3.05, 3.63) is 46.2 Å². The second-order valence-electron chi connectivity index (χ2n) is 5.94. The smallest absolute Gasteiger partial charge is 0.252 e. The van der Waals surface area contributed by atoms with Gasteiger partial charge >= 0.3 is 0 Å². The van der Waals surface area contributed by atoms with Crippen LogP contribution in [-0.4, -0.2) is 42.1 Å². The van der Waals surface area contributed by atoms with Crippen LogP contribution in [0, 0.1) is 0 Å². The highest BCUT2D eigenvalue weighted by Gasteiger charge is 2.22. The number of aromatic amines is 1. The van der Waals surface area contributed by atoms with E-state index in [9.17, 15) is 9.59 Å². The number of amides is 1. The maximum absolute atomic E-state index is 12.8. The van der Waals surface area contributed by atoms with Gasteiger partial charge in [0, 0.05) is 30.8 Å². The molecule has 0 saturated carbocycles. The van der Waals surface area contributed by atoms with Gasteiger partial charge < -0.3 is 14.6 Å². The number of nitrogens with one attached hydrogen (secondary N) is 1. The Labute approximate surface area is 142 Å². The molecule has 0 aliphatic carbocycles. The second-order valence-corrected chi connectivity index (χ2v) is 5.94. The highest BCUT2D eigenvalue weighted by atomic mass is 16.5. The number of ether oxygens (including phenoxy) is 1. The normalized spacial score (nSPS) is 11.2. The number of benzene rings is 1. The summed E-state index contributed by atoms with van der Waals surface area (Å²) in [7, 11) is 1.63. The van der Waals surface area contributed by atoms with E-state index in [1.54, 1.807) is 7.11 Å². The van der Waals surface area contributed by atoms with Crippen molar-refractivity contribution in [2.75, 3.05) is 20.3 Å². The van der Waals surface area contributed by atoms with Crippen molar-refractivity contribution in [2.45, 2.75) is 39.2 Å². The van der Waals surface area contributed by atoms with Gasteiger partial charge in [0.2, 0.25) is 5.91 Å². The minimum absolute atomic E-state index is 0.0264. The van der Waals surface area contributed by atoms with Crippen molar-refractivity contribution in [2.24, 2.45) is 0 Å². The van der Waals surface area contributed by atoms with Crippen molar-refractivity contribution in [1.29, 1.82) is 0 Å². The summed E-state index contributed by atoms with van der Waals surface area (Å²) in [5.41, 5.74) is 1.10. The summed E-state index contributed by atoms with van der Waals surface area (Å²) in [6.07, 6.45) is 1.89. The molecule has 0 saturated heterocycles. The Hall–Kier alpha value is -2.14. The molecule has 1 aromatic carbocycles. The Balaban J connectivity index is 2.25. The summed E-state index contributed by atoms with van der Waals surface area (Å²) in [6, 6.07) is 9.57. The zero-order valence-electron chi connectivity index (χ0n) is 14.7. The van der Waals surface area contributed by atoms with E-state index in [0.29, 0.717) is 18.7 Å². The fourth-order valence-electron chi connectivity index (χ4n) is 3.02. The number of nitrogens with zero attached hydrogens (tertiary/aromatic N) is 1. The zero-order valence-corrected chi connectivity index (χ0v) is 14.7. The van der Waals surface area contributed by atoms with Crippen molar-refractivity contribution in [3.8, 4) is 0 Å². The van der Waals surface area contributed by atoms with Crippen molar-refractivity contribution < 1.29 is 9.53 Å². The molecule has 0 aliphatic heterocycles. The van der Waals surface area contributed by atoms with E-state index in [1.165, 1.54) is 0 Å². The largest absolute Gasteiger partial charge is 0.383 e. The SMILES string of the molecule is CCC(CC)N(CCOC)C(=O)Cc1cc2ccccc2[nH]c1=O. The van der Waals surface area contributed by atoms with E-state index in [0.717, 1.165) is 23.7 Å². The number of methoxy groups -OCH3 is 1. The van der Waals surface area contributed by atoms with Gasteiger partial charge in [0.05, 0.1) is 13.0 Å². The van der Waals surface area contributed by atoms with E-state index in [4.69, 9.17) is 4.74 Å². The molecule has 0 radical (unpaired) electrons. The summed E-state index contributed by atoms with van der Waals surface area (Å²) in [5.74, 6) is -0.0264. The molecule has 0 aliphatic rings. The lowest BCUT2D eigenvalue weighted by Gasteiger charge is -2.30. The predicted molar refractivity (Wildman–Crippen MR) is 96.2 cm³/mol. The molecular weight excluding hydrogens is 304 g/mol. The number of hydrogen-bond donors (Lipinski definition) is 1. The molecule has 0 fully saturated rings. The molecule has 0 spiro atoms. The molecule has 130 valence electrons. The van der Waals surface area contributed by atoms with Crippen molar-refractivity contribution >= 4 is 16.8 Å². The molecular formula is C19H26N2O3. The molecule has 24 heavy (non-hydrogen) atoms. The summed E-state index contributed by atoms with van der Waals surface area (Å²) in [5, 5.41) is 0.936. The van der Waals surface area contributed by atoms with Gasteiger partial charge in [0.15, 0.2) is 0 Å². The molecule has 2 rings (SSSR count). The summed E-state index contributed by atoms with van der Waals surface area (Å²) >= 11 is 0. The number of aromatic nitrogens is 1. The van der Waals surface area contributed by atoms with Crippen LogP contribution in [0.25, 0.3) is 10.9 Å². The topological polar surface area (TPSA) is 62.4 Å². The first-order chi connectivity index (χ1) is 11.6. The van der Waals surface area contributed by atoms with E-state index >= 15 is 0 Å². The lowest BCUT2D eigenvalue weighted by Crippen LogP contribution is -2.43. The average Bonchev–Trinajstić information content (AvgIpc) is 2.59. The fraction of sp³-hybridized carbons (Fsp3) is 0.474. The summed E-state index contributed by atoms with van der Waals surface area (Å²) < 4.78 is 5.13. The summed E-state index contributed by atoms with van der Waals surface area (Å²) in [6.45, 7) is 5.19. The minimum Gasteiger partial charge on any atom is -0.383 e.